The molecule has 1 fully saturated rings. The van der Waals surface area contributed by atoms with Gasteiger partial charge in [0.2, 0.25) is 0 Å². The van der Waals surface area contributed by atoms with Gasteiger partial charge >= 0.3 is 6.03 Å². The number of ether oxygens (including phenoxy) is 2. The molecule has 38 heavy (non-hydrogen) atoms. The average Bonchev–Trinajstić information content (AvgIpc) is 3.40. The number of carbonyl (C=O) groups excluding carboxylic acids is 2. The number of hydrazone groups is 1. The SMILES string of the molecule is CCCNC(=O)N(CCN1CCOCC1)CC(=O)N1N=C(c2cccc(OC)c2)CC1c1ccc(F)cc1. The van der Waals surface area contributed by atoms with Gasteiger partial charge in [-0.3, -0.25) is 9.69 Å². The van der Waals surface area contributed by atoms with Crippen molar-refractivity contribution in [1.29, 1.82) is 0 Å². The predicted molar refractivity (Wildman–Crippen MR) is 143 cm³/mol. The van der Waals surface area contributed by atoms with Crippen molar-refractivity contribution in [3.8, 4) is 5.75 Å². The monoisotopic (exact) mass is 525 g/mol. The van der Waals surface area contributed by atoms with Gasteiger partial charge in [0, 0.05) is 44.7 Å². The van der Waals surface area contributed by atoms with Crippen molar-refractivity contribution in [2.45, 2.75) is 25.8 Å². The van der Waals surface area contributed by atoms with E-state index in [0.29, 0.717) is 45.0 Å². The van der Waals surface area contributed by atoms with Crippen LogP contribution in [0.4, 0.5) is 9.18 Å². The van der Waals surface area contributed by atoms with E-state index in [9.17, 15) is 14.0 Å². The second-order valence-corrected chi connectivity index (χ2v) is 9.40. The Kier molecular flexibility index (Phi) is 9.67. The third-order valence-corrected chi connectivity index (χ3v) is 6.75. The highest BCUT2D eigenvalue weighted by Gasteiger charge is 2.34. The van der Waals surface area contributed by atoms with Crippen molar-refractivity contribution in [2.24, 2.45) is 5.10 Å². The Labute approximate surface area is 223 Å². The Hall–Kier alpha value is -3.50. The van der Waals surface area contributed by atoms with Crippen LogP contribution in [0.5, 0.6) is 5.75 Å². The quantitative estimate of drug-likeness (QED) is 0.515. The molecule has 1 atom stereocenters. The number of hydrogen-bond donors (Lipinski definition) is 1. The smallest absolute Gasteiger partial charge is 0.317 e. The van der Waals surface area contributed by atoms with E-state index in [2.05, 4.69) is 10.2 Å². The normalized spacial score (nSPS) is 17.7. The molecule has 9 nitrogen and oxygen atoms in total. The Balaban J connectivity index is 1.56. The number of halogens is 1. The van der Waals surface area contributed by atoms with Crippen molar-refractivity contribution in [1.82, 2.24) is 20.1 Å². The van der Waals surface area contributed by atoms with E-state index in [4.69, 9.17) is 14.6 Å². The molecule has 0 radical (unpaired) electrons. The van der Waals surface area contributed by atoms with Gasteiger partial charge in [0.1, 0.15) is 18.1 Å². The van der Waals surface area contributed by atoms with Gasteiger partial charge in [0.25, 0.3) is 5.91 Å². The van der Waals surface area contributed by atoms with Crippen molar-refractivity contribution < 1.29 is 23.5 Å². The minimum atomic E-state index is -0.413. The summed E-state index contributed by atoms with van der Waals surface area (Å²) in [6.07, 6.45) is 1.25. The Morgan fingerprint density at radius 1 is 1.18 bits per heavy atom. The molecule has 4 rings (SSSR count). The van der Waals surface area contributed by atoms with Gasteiger partial charge in [-0.25, -0.2) is 14.2 Å². The molecule has 1 saturated heterocycles. The first-order valence-corrected chi connectivity index (χ1v) is 13.1. The molecular formula is C28H36FN5O4. The van der Waals surface area contributed by atoms with E-state index in [-0.39, 0.29) is 24.3 Å². The molecule has 2 heterocycles. The fourth-order valence-electron chi connectivity index (χ4n) is 4.58. The third kappa shape index (κ3) is 7.08. The molecule has 0 aliphatic carbocycles. The second-order valence-electron chi connectivity index (χ2n) is 9.40. The average molecular weight is 526 g/mol. The van der Waals surface area contributed by atoms with Gasteiger partial charge in [-0.2, -0.15) is 5.10 Å². The number of nitrogens with zero attached hydrogens (tertiary/aromatic N) is 4. The molecule has 0 aromatic heterocycles. The summed E-state index contributed by atoms with van der Waals surface area (Å²) >= 11 is 0. The standard InChI is InChI=1S/C28H36FN5O4/c1-3-11-30-28(36)33(13-12-32-14-16-38-17-15-32)20-27(35)34-26(21-7-9-23(29)10-8-21)19-25(31-34)22-5-4-6-24(18-22)37-2/h4-10,18,26H,3,11-17,19-20H2,1-2H3,(H,30,36). The molecule has 204 valence electrons. The largest absolute Gasteiger partial charge is 0.497 e. The molecule has 1 unspecified atom stereocenters. The number of rotatable bonds is 10. The summed E-state index contributed by atoms with van der Waals surface area (Å²) in [5.74, 6) is 0.0430. The highest BCUT2D eigenvalue weighted by atomic mass is 19.1. The molecule has 0 spiro atoms. The van der Waals surface area contributed by atoms with Crippen LogP contribution < -0.4 is 10.1 Å². The fourth-order valence-corrected chi connectivity index (χ4v) is 4.58. The first-order chi connectivity index (χ1) is 18.5. The lowest BCUT2D eigenvalue weighted by Crippen LogP contribution is -2.49. The summed E-state index contributed by atoms with van der Waals surface area (Å²) in [5, 5.41) is 9.04. The molecule has 0 bridgehead atoms. The topological polar surface area (TPSA) is 86.7 Å². The van der Waals surface area contributed by atoms with Crippen molar-refractivity contribution in [2.75, 3.05) is 59.6 Å². The highest BCUT2D eigenvalue weighted by molar-refractivity contribution is 6.03. The number of carbonyl (C=O) groups is 2. The Bertz CT molecular complexity index is 1120. The zero-order valence-corrected chi connectivity index (χ0v) is 22.1. The van der Waals surface area contributed by atoms with Crippen LogP contribution in [0.25, 0.3) is 0 Å². The first kappa shape index (κ1) is 27.5. The van der Waals surface area contributed by atoms with Crippen LogP contribution in [0, 0.1) is 5.82 Å². The molecule has 0 saturated carbocycles. The molecule has 2 aromatic rings. The third-order valence-electron chi connectivity index (χ3n) is 6.75. The fraction of sp³-hybridized carbons (Fsp3) is 0.464. The lowest BCUT2D eigenvalue weighted by atomic mass is 9.98. The van der Waals surface area contributed by atoms with E-state index < -0.39 is 6.04 Å². The lowest BCUT2D eigenvalue weighted by molar-refractivity contribution is -0.133. The molecule has 3 amide bonds. The number of methoxy groups -OCH3 is 1. The van der Waals surface area contributed by atoms with E-state index in [1.807, 2.05) is 31.2 Å². The van der Waals surface area contributed by atoms with Crippen molar-refractivity contribution in [3.05, 3.63) is 65.5 Å². The minimum absolute atomic E-state index is 0.119. The summed E-state index contributed by atoms with van der Waals surface area (Å²) in [6, 6.07) is 12.9. The number of nitrogens with one attached hydrogen (secondary N) is 1. The zero-order chi connectivity index (χ0) is 26.9. The van der Waals surface area contributed by atoms with Gasteiger partial charge < -0.3 is 19.7 Å². The minimum Gasteiger partial charge on any atom is -0.497 e. The van der Waals surface area contributed by atoms with Crippen molar-refractivity contribution in [3.63, 3.8) is 0 Å². The predicted octanol–water partition coefficient (Wildman–Crippen LogP) is 3.27. The van der Waals surface area contributed by atoms with Gasteiger partial charge in [0.05, 0.1) is 32.1 Å². The number of morpholine rings is 1. The molecule has 10 heteroatoms. The van der Waals surface area contributed by atoms with Gasteiger partial charge in [-0.15, -0.1) is 0 Å². The van der Waals surface area contributed by atoms with Crippen molar-refractivity contribution >= 4 is 17.6 Å². The maximum Gasteiger partial charge on any atom is 0.317 e. The number of urea groups is 1. The van der Waals surface area contributed by atoms with Crippen LogP contribution in [-0.4, -0.2) is 92.1 Å². The maximum atomic E-state index is 13.7. The molecule has 2 aliphatic rings. The van der Waals surface area contributed by atoms with Gasteiger partial charge in [0.15, 0.2) is 0 Å². The van der Waals surface area contributed by atoms with E-state index in [1.165, 1.54) is 17.1 Å². The lowest BCUT2D eigenvalue weighted by Gasteiger charge is -2.31. The summed E-state index contributed by atoms with van der Waals surface area (Å²) in [5.41, 5.74) is 2.34. The maximum absolute atomic E-state index is 13.7. The van der Waals surface area contributed by atoms with E-state index >= 15 is 0 Å². The molecular weight excluding hydrogens is 489 g/mol. The van der Waals surface area contributed by atoms with Gasteiger partial charge in [-0.1, -0.05) is 31.2 Å². The number of benzene rings is 2. The van der Waals surface area contributed by atoms with Crippen LogP contribution in [0.3, 0.4) is 0 Å². The summed E-state index contributed by atoms with van der Waals surface area (Å²) in [4.78, 5) is 30.5. The highest BCUT2D eigenvalue weighted by Crippen LogP contribution is 2.33. The van der Waals surface area contributed by atoms with E-state index in [0.717, 1.165) is 36.3 Å². The van der Waals surface area contributed by atoms with Crippen LogP contribution in [-0.2, 0) is 9.53 Å². The Morgan fingerprint density at radius 2 is 1.95 bits per heavy atom. The Morgan fingerprint density at radius 3 is 2.66 bits per heavy atom. The molecule has 1 N–H and O–H groups in total. The van der Waals surface area contributed by atoms with E-state index in [1.54, 1.807) is 24.1 Å². The second kappa shape index (κ2) is 13.3. The summed E-state index contributed by atoms with van der Waals surface area (Å²) < 4.78 is 24.5. The number of amides is 3. The van der Waals surface area contributed by atoms with Gasteiger partial charge in [-0.05, 0) is 36.2 Å². The van der Waals surface area contributed by atoms with Crippen LogP contribution >= 0.6 is 0 Å². The summed E-state index contributed by atoms with van der Waals surface area (Å²) in [6.45, 7) is 6.37. The van der Waals surface area contributed by atoms with Crippen LogP contribution in [0.2, 0.25) is 0 Å². The first-order valence-electron chi connectivity index (χ1n) is 13.1. The summed E-state index contributed by atoms with van der Waals surface area (Å²) in [7, 11) is 1.60. The van der Waals surface area contributed by atoms with Crippen LogP contribution in [0.15, 0.2) is 53.6 Å². The zero-order valence-electron chi connectivity index (χ0n) is 22.1. The molecule has 2 aliphatic heterocycles. The molecule has 2 aromatic carbocycles. The number of hydrogen-bond acceptors (Lipinski definition) is 6. The van der Waals surface area contributed by atoms with Crippen LogP contribution in [0.1, 0.15) is 36.9 Å².